The van der Waals surface area contributed by atoms with Gasteiger partial charge in [-0.2, -0.15) is 0 Å². The molecule has 0 aliphatic carbocycles. The molecule has 104 valence electrons. The molecule has 0 bridgehead atoms. The van der Waals surface area contributed by atoms with E-state index in [0.717, 1.165) is 6.42 Å². The molecule has 0 aromatic rings. The Morgan fingerprint density at radius 2 is 2.00 bits per heavy atom. The highest BCUT2D eigenvalue weighted by Gasteiger charge is 2.22. The molecule has 0 radical (unpaired) electrons. The summed E-state index contributed by atoms with van der Waals surface area (Å²) < 4.78 is 0. The molecular formula is C12H27ClN2O2. The maximum absolute atomic E-state index is 11.6. The van der Waals surface area contributed by atoms with Gasteiger partial charge in [0.25, 0.3) is 0 Å². The quantitative estimate of drug-likeness (QED) is 0.653. The van der Waals surface area contributed by atoms with E-state index in [4.69, 9.17) is 5.73 Å². The van der Waals surface area contributed by atoms with Crippen LogP contribution in [-0.2, 0) is 4.79 Å². The molecule has 5 heteroatoms. The monoisotopic (exact) mass is 266 g/mol. The zero-order valence-corrected chi connectivity index (χ0v) is 12.1. The highest BCUT2D eigenvalue weighted by Crippen LogP contribution is 2.21. The summed E-state index contributed by atoms with van der Waals surface area (Å²) in [5.74, 6) is -0.0967. The van der Waals surface area contributed by atoms with Crippen LogP contribution in [-0.4, -0.2) is 29.7 Å². The van der Waals surface area contributed by atoms with E-state index in [1.54, 1.807) is 6.92 Å². The third-order valence-electron chi connectivity index (χ3n) is 2.53. The summed E-state index contributed by atoms with van der Waals surface area (Å²) >= 11 is 0. The standard InChI is InChI=1S/C12H26N2O2.ClH/c1-5-6-10(13)11(16)14-8-12(3,4)7-9(2)15;/h9-10,15H,5-8,13H2,1-4H3,(H,14,16);1H. The van der Waals surface area contributed by atoms with Crippen LogP contribution in [0.3, 0.4) is 0 Å². The largest absolute Gasteiger partial charge is 0.393 e. The zero-order chi connectivity index (χ0) is 12.8. The lowest BCUT2D eigenvalue weighted by Gasteiger charge is -2.27. The van der Waals surface area contributed by atoms with Crippen LogP contribution in [0.1, 0.15) is 47.0 Å². The van der Waals surface area contributed by atoms with Gasteiger partial charge in [0.2, 0.25) is 5.91 Å². The summed E-state index contributed by atoms with van der Waals surface area (Å²) in [6.07, 6.45) is 1.93. The number of carbonyl (C=O) groups is 1. The third kappa shape index (κ3) is 9.39. The first-order valence-electron chi connectivity index (χ1n) is 6.00. The van der Waals surface area contributed by atoms with Crippen molar-refractivity contribution >= 4 is 18.3 Å². The maximum Gasteiger partial charge on any atom is 0.236 e. The Morgan fingerprint density at radius 1 is 1.47 bits per heavy atom. The molecule has 0 saturated carbocycles. The molecule has 4 N–H and O–H groups in total. The molecule has 1 amide bonds. The maximum atomic E-state index is 11.6. The van der Waals surface area contributed by atoms with E-state index < -0.39 is 6.04 Å². The van der Waals surface area contributed by atoms with Crippen molar-refractivity contribution in [3.05, 3.63) is 0 Å². The van der Waals surface area contributed by atoms with E-state index in [2.05, 4.69) is 5.32 Å². The number of hydrogen-bond donors (Lipinski definition) is 3. The van der Waals surface area contributed by atoms with E-state index in [9.17, 15) is 9.90 Å². The van der Waals surface area contributed by atoms with Gasteiger partial charge >= 0.3 is 0 Å². The zero-order valence-electron chi connectivity index (χ0n) is 11.3. The Kier molecular flexibility index (Phi) is 9.77. The van der Waals surface area contributed by atoms with Gasteiger partial charge in [0, 0.05) is 6.54 Å². The summed E-state index contributed by atoms with van der Waals surface area (Å²) in [4.78, 5) is 11.6. The molecule has 2 atom stereocenters. The fourth-order valence-electron chi connectivity index (χ4n) is 1.77. The number of aliphatic hydroxyl groups is 1. The van der Waals surface area contributed by atoms with Crippen molar-refractivity contribution in [2.24, 2.45) is 11.1 Å². The number of halogens is 1. The van der Waals surface area contributed by atoms with Crippen molar-refractivity contribution in [3.63, 3.8) is 0 Å². The topological polar surface area (TPSA) is 75.4 Å². The Balaban J connectivity index is 0. The number of aliphatic hydroxyl groups excluding tert-OH is 1. The molecule has 0 aromatic carbocycles. The average molecular weight is 267 g/mol. The van der Waals surface area contributed by atoms with Crippen molar-refractivity contribution in [2.45, 2.75) is 59.1 Å². The third-order valence-corrected chi connectivity index (χ3v) is 2.53. The van der Waals surface area contributed by atoms with Crippen LogP contribution >= 0.6 is 12.4 Å². The molecule has 4 nitrogen and oxygen atoms in total. The summed E-state index contributed by atoms with van der Waals surface area (Å²) in [6.45, 7) is 8.35. The first-order valence-corrected chi connectivity index (χ1v) is 6.00. The van der Waals surface area contributed by atoms with Crippen molar-refractivity contribution in [2.75, 3.05) is 6.54 Å². The molecule has 0 aromatic heterocycles. The smallest absolute Gasteiger partial charge is 0.236 e. The minimum Gasteiger partial charge on any atom is -0.393 e. The summed E-state index contributed by atoms with van der Waals surface area (Å²) in [5.41, 5.74) is 5.60. The van der Waals surface area contributed by atoms with Crippen molar-refractivity contribution in [3.8, 4) is 0 Å². The molecule has 17 heavy (non-hydrogen) atoms. The Bertz CT molecular complexity index is 221. The minimum absolute atomic E-state index is 0. The van der Waals surface area contributed by atoms with Crippen LogP contribution in [0.2, 0.25) is 0 Å². The number of rotatable bonds is 7. The van der Waals surface area contributed by atoms with Crippen molar-refractivity contribution in [1.29, 1.82) is 0 Å². The molecule has 0 spiro atoms. The number of hydrogen-bond acceptors (Lipinski definition) is 3. The molecule has 2 unspecified atom stereocenters. The molecule has 0 aliphatic rings. The van der Waals surface area contributed by atoms with Crippen molar-refractivity contribution in [1.82, 2.24) is 5.32 Å². The van der Waals surface area contributed by atoms with Crippen LogP contribution in [0.5, 0.6) is 0 Å². The van der Waals surface area contributed by atoms with Gasteiger partial charge in [-0.1, -0.05) is 27.2 Å². The van der Waals surface area contributed by atoms with Crippen LogP contribution in [0.15, 0.2) is 0 Å². The van der Waals surface area contributed by atoms with Gasteiger partial charge in [-0.05, 0) is 25.2 Å². The second kappa shape index (κ2) is 8.72. The van der Waals surface area contributed by atoms with Gasteiger partial charge < -0.3 is 16.2 Å². The first-order chi connectivity index (χ1) is 7.28. The highest BCUT2D eigenvalue weighted by molar-refractivity contribution is 5.85. The van der Waals surface area contributed by atoms with E-state index in [0.29, 0.717) is 19.4 Å². The fraction of sp³-hybridized carbons (Fsp3) is 0.917. The van der Waals surface area contributed by atoms with E-state index >= 15 is 0 Å². The molecule has 0 saturated heterocycles. The Hall–Kier alpha value is -0.320. The molecule has 0 rings (SSSR count). The predicted octanol–water partition coefficient (Wildman–Crippen LogP) is 1.45. The Morgan fingerprint density at radius 3 is 2.41 bits per heavy atom. The number of nitrogens with one attached hydrogen (secondary N) is 1. The number of amides is 1. The SMILES string of the molecule is CCCC(N)C(=O)NCC(C)(C)CC(C)O.Cl. The highest BCUT2D eigenvalue weighted by atomic mass is 35.5. The lowest BCUT2D eigenvalue weighted by molar-refractivity contribution is -0.123. The lowest BCUT2D eigenvalue weighted by atomic mass is 9.87. The van der Waals surface area contributed by atoms with Gasteiger partial charge in [0.15, 0.2) is 0 Å². The van der Waals surface area contributed by atoms with Gasteiger partial charge in [-0.25, -0.2) is 0 Å². The number of nitrogens with two attached hydrogens (primary N) is 1. The van der Waals surface area contributed by atoms with Gasteiger partial charge in [0.05, 0.1) is 12.1 Å². The van der Waals surface area contributed by atoms with Crippen LogP contribution in [0.25, 0.3) is 0 Å². The second-order valence-corrected chi connectivity index (χ2v) is 5.33. The first kappa shape index (κ1) is 19.0. The molecule has 0 fully saturated rings. The normalized spacial score (nSPS) is 14.7. The summed E-state index contributed by atoms with van der Waals surface area (Å²) in [5, 5.41) is 12.1. The average Bonchev–Trinajstić information content (AvgIpc) is 2.12. The molecular weight excluding hydrogens is 240 g/mol. The van der Waals surface area contributed by atoms with Gasteiger partial charge in [-0.3, -0.25) is 4.79 Å². The summed E-state index contributed by atoms with van der Waals surface area (Å²) in [7, 11) is 0. The van der Waals surface area contributed by atoms with Crippen LogP contribution in [0.4, 0.5) is 0 Å². The predicted molar refractivity (Wildman–Crippen MR) is 73.2 cm³/mol. The minimum atomic E-state index is -0.410. The van der Waals surface area contributed by atoms with E-state index in [1.807, 2.05) is 20.8 Å². The Labute approximate surface area is 111 Å². The van der Waals surface area contributed by atoms with Gasteiger partial charge in [-0.15, -0.1) is 12.4 Å². The molecule has 0 aliphatic heterocycles. The lowest BCUT2D eigenvalue weighted by Crippen LogP contribution is -2.44. The van der Waals surface area contributed by atoms with Gasteiger partial charge in [0.1, 0.15) is 0 Å². The van der Waals surface area contributed by atoms with E-state index in [1.165, 1.54) is 0 Å². The molecule has 0 heterocycles. The van der Waals surface area contributed by atoms with Crippen LogP contribution in [0, 0.1) is 5.41 Å². The summed E-state index contributed by atoms with van der Waals surface area (Å²) in [6, 6.07) is -0.410. The second-order valence-electron chi connectivity index (χ2n) is 5.33. The van der Waals surface area contributed by atoms with Crippen LogP contribution < -0.4 is 11.1 Å². The van der Waals surface area contributed by atoms with E-state index in [-0.39, 0.29) is 29.8 Å². The van der Waals surface area contributed by atoms with Crippen molar-refractivity contribution < 1.29 is 9.90 Å². The fourth-order valence-corrected chi connectivity index (χ4v) is 1.77. The number of carbonyl (C=O) groups excluding carboxylic acids is 1.